The molecule has 8 heteroatoms. The van der Waals surface area contributed by atoms with Gasteiger partial charge in [-0.1, -0.05) is 0 Å². The molecule has 0 N–H and O–H groups in total. The maximum atomic E-state index is 12.7. The smallest absolute Gasteiger partial charge is 0.387 e. The number of rotatable bonds is 4. The van der Waals surface area contributed by atoms with Gasteiger partial charge in [-0.2, -0.15) is 20.5 Å². The van der Waals surface area contributed by atoms with Gasteiger partial charge in [-0.15, -0.1) is 0 Å². The third-order valence-electron chi connectivity index (χ3n) is 4.45. The van der Waals surface area contributed by atoms with Crippen LogP contribution in [0, 0.1) is 0 Å². The summed E-state index contributed by atoms with van der Waals surface area (Å²) in [5, 5.41) is 0. The number of alkyl halides is 2. The van der Waals surface area contributed by atoms with Crippen LogP contribution in [0.3, 0.4) is 0 Å². The molecule has 2 aliphatic heterocycles. The van der Waals surface area contributed by atoms with Crippen molar-refractivity contribution >= 4 is 23.6 Å². The highest BCUT2D eigenvalue weighted by Crippen LogP contribution is 2.24. The Hall–Kier alpha value is -1.83. The lowest BCUT2D eigenvalue weighted by atomic mass is 10.1. The number of halogens is 2. The Kier molecular flexibility index (Phi) is 5.78. The van der Waals surface area contributed by atoms with E-state index in [9.17, 15) is 18.4 Å². The normalized spacial score (nSPS) is 20.8. The van der Waals surface area contributed by atoms with Crippen molar-refractivity contribution in [2.24, 2.45) is 0 Å². The monoisotopic (exact) mass is 370 g/mol. The van der Waals surface area contributed by atoms with Gasteiger partial charge in [0.2, 0.25) is 5.91 Å². The summed E-state index contributed by atoms with van der Waals surface area (Å²) < 4.78 is 28.7. The third kappa shape index (κ3) is 4.23. The first-order chi connectivity index (χ1) is 12.1. The van der Waals surface area contributed by atoms with Crippen LogP contribution in [0.4, 0.5) is 8.78 Å². The summed E-state index contributed by atoms with van der Waals surface area (Å²) in [7, 11) is 0. The molecular weight excluding hydrogens is 350 g/mol. The van der Waals surface area contributed by atoms with Crippen molar-refractivity contribution in [2.45, 2.75) is 25.5 Å². The van der Waals surface area contributed by atoms with E-state index in [1.54, 1.807) is 4.90 Å². The second kappa shape index (κ2) is 8.03. The Balaban J connectivity index is 1.68. The van der Waals surface area contributed by atoms with E-state index in [4.69, 9.17) is 0 Å². The van der Waals surface area contributed by atoms with Crippen LogP contribution in [0.1, 0.15) is 23.2 Å². The summed E-state index contributed by atoms with van der Waals surface area (Å²) in [6.07, 6.45) is 1.46. The van der Waals surface area contributed by atoms with Gasteiger partial charge in [0, 0.05) is 36.7 Å². The van der Waals surface area contributed by atoms with Crippen LogP contribution < -0.4 is 4.74 Å². The molecule has 0 saturated carbocycles. The Labute approximate surface area is 149 Å². The zero-order chi connectivity index (χ0) is 17.8. The number of thioether (sulfide) groups is 1. The fourth-order valence-electron chi connectivity index (χ4n) is 3.21. The van der Waals surface area contributed by atoms with Crippen molar-refractivity contribution in [3.63, 3.8) is 0 Å². The maximum absolute atomic E-state index is 12.7. The van der Waals surface area contributed by atoms with E-state index in [-0.39, 0.29) is 17.6 Å². The molecule has 3 rings (SSSR count). The third-order valence-corrected chi connectivity index (χ3v) is 5.39. The van der Waals surface area contributed by atoms with Crippen LogP contribution in [0.25, 0.3) is 0 Å². The second-order valence-corrected chi connectivity index (χ2v) is 7.22. The van der Waals surface area contributed by atoms with Crippen LogP contribution in [0.5, 0.6) is 5.75 Å². The first-order valence-corrected chi connectivity index (χ1v) is 9.44. The van der Waals surface area contributed by atoms with E-state index >= 15 is 0 Å². The molecule has 2 amide bonds. The average molecular weight is 370 g/mol. The number of likely N-dealkylation sites (tertiary alicyclic amines) is 1. The average Bonchev–Trinajstić information content (AvgIpc) is 3.11. The number of carbonyl (C=O) groups is 2. The molecule has 25 heavy (non-hydrogen) atoms. The number of hydrogen-bond acceptors (Lipinski definition) is 4. The fraction of sp³-hybridized carbons (Fsp3) is 0.529. The molecule has 2 heterocycles. The molecule has 2 fully saturated rings. The van der Waals surface area contributed by atoms with Crippen LogP contribution >= 0.6 is 11.8 Å². The quantitative estimate of drug-likeness (QED) is 0.817. The van der Waals surface area contributed by atoms with Gasteiger partial charge in [-0.3, -0.25) is 9.59 Å². The zero-order valence-electron chi connectivity index (χ0n) is 13.7. The van der Waals surface area contributed by atoms with E-state index in [2.05, 4.69) is 4.74 Å². The van der Waals surface area contributed by atoms with Gasteiger partial charge in [0.25, 0.3) is 5.91 Å². The minimum absolute atomic E-state index is 0.00594. The van der Waals surface area contributed by atoms with E-state index in [0.29, 0.717) is 18.5 Å². The number of amides is 2. The summed E-state index contributed by atoms with van der Waals surface area (Å²) in [4.78, 5) is 28.9. The lowest BCUT2D eigenvalue weighted by molar-refractivity contribution is -0.134. The van der Waals surface area contributed by atoms with E-state index in [1.807, 2.05) is 16.7 Å². The largest absolute Gasteiger partial charge is 0.435 e. The lowest BCUT2D eigenvalue weighted by Crippen LogP contribution is -2.50. The number of benzene rings is 1. The Morgan fingerprint density at radius 1 is 1.12 bits per heavy atom. The molecule has 0 aromatic heterocycles. The summed E-state index contributed by atoms with van der Waals surface area (Å²) >= 11 is 1.83. The van der Waals surface area contributed by atoms with Crippen LogP contribution in [0.2, 0.25) is 0 Å². The molecule has 1 aromatic carbocycles. The number of hydrogen-bond donors (Lipinski definition) is 0. The first kappa shape index (κ1) is 18.0. The molecule has 2 saturated heterocycles. The van der Waals surface area contributed by atoms with Gasteiger partial charge in [0.1, 0.15) is 11.8 Å². The van der Waals surface area contributed by atoms with Crippen molar-refractivity contribution in [1.29, 1.82) is 0 Å². The standard InChI is InChI=1S/C17H20F2N2O3S/c18-17(19)24-13-5-3-12(4-6-13)15(22)21-7-1-2-14(21)16(23)20-8-10-25-11-9-20/h3-6,14,17H,1-2,7-11H2. The van der Waals surface area contributed by atoms with E-state index < -0.39 is 12.7 Å². The van der Waals surface area contributed by atoms with Crippen molar-refractivity contribution in [2.75, 3.05) is 31.1 Å². The lowest BCUT2D eigenvalue weighted by Gasteiger charge is -2.32. The van der Waals surface area contributed by atoms with Crippen molar-refractivity contribution in [3.8, 4) is 5.75 Å². The molecule has 2 aliphatic rings. The minimum atomic E-state index is -2.90. The van der Waals surface area contributed by atoms with Gasteiger partial charge in [0.15, 0.2) is 0 Å². The molecule has 1 atom stereocenters. The summed E-state index contributed by atoms with van der Waals surface area (Å²) in [6.45, 7) is -0.916. The van der Waals surface area contributed by atoms with E-state index in [0.717, 1.165) is 31.0 Å². The number of carbonyl (C=O) groups excluding carboxylic acids is 2. The molecule has 5 nitrogen and oxygen atoms in total. The fourth-order valence-corrected chi connectivity index (χ4v) is 4.11. The summed E-state index contributed by atoms with van der Waals surface area (Å²) in [5.41, 5.74) is 0.371. The van der Waals surface area contributed by atoms with Crippen LogP contribution in [-0.2, 0) is 4.79 Å². The van der Waals surface area contributed by atoms with E-state index in [1.165, 1.54) is 24.3 Å². The molecule has 0 spiro atoms. The number of nitrogens with zero attached hydrogens (tertiary/aromatic N) is 2. The Morgan fingerprint density at radius 2 is 1.80 bits per heavy atom. The van der Waals surface area contributed by atoms with Crippen LogP contribution in [0.15, 0.2) is 24.3 Å². The van der Waals surface area contributed by atoms with Crippen LogP contribution in [-0.4, -0.2) is 65.4 Å². The minimum Gasteiger partial charge on any atom is -0.435 e. The molecule has 136 valence electrons. The molecule has 0 bridgehead atoms. The van der Waals surface area contributed by atoms with Crippen molar-refractivity contribution < 1.29 is 23.1 Å². The van der Waals surface area contributed by atoms with Gasteiger partial charge in [-0.05, 0) is 37.1 Å². The first-order valence-electron chi connectivity index (χ1n) is 8.28. The zero-order valence-corrected chi connectivity index (χ0v) is 14.5. The van der Waals surface area contributed by atoms with Gasteiger partial charge >= 0.3 is 6.61 Å². The van der Waals surface area contributed by atoms with Gasteiger partial charge < -0.3 is 14.5 Å². The van der Waals surface area contributed by atoms with Crippen molar-refractivity contribution in [1.82, 2.24) is 9.80 Å². The summed E-state index contributed by atoms with van der Waals surface area (Å²) in [6, 6.07) is 5.17. The predicted octanol–water partition coefficient (Wildman–Crippen LogP) is 2.47. The molecule has 0 radical (unpaired) electrons. The topological polar surface area (TPSA) is 49.9 Å². The molecule has 1 unspecified atom stereocenters. The SMILES string of the molecule is O=C(C1CCCN1C(=O)c1ccc(OC(F)F)cc1)N1CCSCC1. The maximum Gasteiger partial charge on any atom is 0.387 e. The highest BCUT2D eigenvalue weighted by molar-refractivity contribution is 7.99. The Bertz CT molecular complexity index is 621. The number of ether oxygens (including phenoxy) is 1. The Morgan fingerprint density at radius 3 is 2.44 bits per heavy atom. The van der Waals surface area contributed by atoms with Crippen molar-refractivity contribution in [3.05, 3.63) is 29.8 Å². The van der Waals surface area contributed by atoms with Gasteiger partial charge in [-0.25, -0.2) is 0 Å². The molecule has 0 aliphatic carbocycles. The molecule has 1 aromatic rings. The second-order valence-electron chi connectivity index (χ2n) is 6.00. The highest BCUT2D eigenvalue weighted by atomic mass is 32.2. The van der Waals surface area contributed by atoms with Gasteiger partial charge in [0.05, 0.1) is 0 Å². The highest BCUT2D eigenvalue weighted by Gasteiger charge is 2.37. The predicted molar refractivity (Wildman–Crippen MR) is 91.0 cm³/mol. The molecular formula is C17H20F2N2O3S. The summed E-state index contributed by atoms with van der Waals surface area (Å²) in [5.74, 6) is 1.64.